The quantitative estimate of drug-likeness (QED) is 0.724. The van der Waals surface area contributed by atoms with Crippen LogP contribution >= 0.6 is 0 Å². The van der Waals surface area contributed by atoms with Crippen LogP contribution in [-0.2, 0) is 14.8 Å². The van der Waals surface area contributed by atoms with Crippen molar-refractivity contribution in [3.63, 3.8) is 0 Å². The molecule has 0 unspecified atom stereocenters. The van der Waals surface area contributed by atoms with Gasteiger partial charge in [-0.2, -0.15) is 0 Å². The molecule has 0 saturated heterocycles. The summed E-state index contributed by atoms with van der Waals surface area (Å²) >= 11 is 0. The highest BCUT2D eigenvalue weighted by Crippen LogP contribution is 2.29. The molecule has 134 valence electrons. The molecule has 5 nitrogen and oxygen atoms in total. The number of anilines is 2. The number of hydrogen-bond donors (Lipinski definition) is 2. The first-order chi connectivity index (χ1) is 12.3. The zero-order chi connectivity index (χ0) is 18.9. The number of carbonyl (C=O) groups excluding carboxylic acids is 1. The Bertz CT molecular complexity index is 1080. The lowest BCUT2D eigenvalue weighted by molar-refractivity contribution is -0.114. The van der Waals surface area contributed by atoms with Crippen molar-refractivity contribution >= 4 is 38.1 Å². The molecule has 0 saturated carbocycles. The first kappa shape index (κ1) is 17.9. The van der Waals surface area contributed by atoms with Crippen LogP contribution in [0.2, 0.25) is 0 Å². The number of carbonyl (C=O) groups is 1. The van der Waals surface area contributed by atoms with Crippen LogP contribution in [0.3, 0.4) is 0 Å². The van der Waals surface area contributed by atoms with Gasteiger partial charge in [-0.05, 0) is 48.6 Å². The summed E-state index contributed by atoms with van der Waals surface area (Å²) in [5, 5.41) is 4.48. The van der Waals surface area contributed by atoms with Crippen LogP contribution in [0.1, 0.15) is 18.1 Å². The van der Waals surface area contributed by atoms with E-state index in [-0.39, 0.29) is 10.8 Å². The van der Waals surface area contributed by atoms with Crippen molar-refractivity contribution in [1.29, 1.82) is 0 Å². The summed E-state index contributed by atoms with van der Waals surface area (Å²) in [5.74, 6) is -0.201. The van der Waals surface area contributed by atoms with Gasteiger partial charge in [0.05, 0.1) is 10.6 Å². The Labute approximate surface area is 153 Å². The normalized spacial score (nSPS) is 11.3. The number of hydrogen-bond acceptors (Lipinski definition) is 3. The molecule has 26 heavy (non-hydrogen) atoms. The number of rotatable bonds is 4. The van der Waals surface area contributed by atoms with Gasteiger partial charge in [0.1, 0.15) is 0 Å². The Kier molecular flexibility index (Phi) is 4.70. The smallest absolute Gasteiger partial charge is 0.262 e. The zero-order valence-electron chi connectivity index (χ0n) is 14.8. The van der Waals surface area contributed by atoms with Crippen molar-refractivity contribution in [3.05, 3.63) is 65.7 Å². The summed E-state index contributed by atoms with van der Waals surface area (Å²) in [4.78, 5) is 11.5. The topological polar surface area (TPSA) is 75.3 Å². The fraction of sp³-hybridized carbons (Fsp3) is 0.150. The van der Waals surface area contributed by atoms with Crippen molar-refractivity contribution < 1.29 is 13.2 Å². The number of aryl methyl sites for hydroxylation is 2. The Morgan fingerprint density at radius 3 is 2.19 bits per heavy atom. The highest BCUT2D eigenvalue weighted by molar-refractivity contribution is 7.92. The van der Waals surface area contributed by atoms with E-state index in [4.69, 9.17) is 0 Å². The molecular weight excluding hydrogens is 348 g/mol. The van der Waals surface area contributed by atoms with Gasteiger partial charge in [0.15, 0.2) is 0 Å². The lowest BCUT2D eigenvalue weighted by atomic mass is 10.1. The lowest BCUT2D eigenvalue weighted by Crippen LogP contribution is -2.16. The predicted molar refractivity (Wildman–Crippen MR) is 105 cm³/mol. The van der Waals surface area contributed by atoms with Gasteiger partial charge >= 0.3 is 0 Å². The third kappa shape index (κ3) is 3.55. The average Bonchev–Trinajstić information content (AvgIpc) is 2.53. The molecule has 0 fully saturated rings. The molecule has 1 amide bonds. The van der Waals surface area contributed by atoms with Gasteiger partial charge in [-0.15, -0.1) is 0 Å². The summed E-state index contributed by atoms with van der Waals surface area (Å²) in [5.41, 5.74) is 2.26. The van der Waals surface area contributed by atoms with Crippen LogP contribution in [0.25, 0.3) is 10.8 Å². The SMILES string of the molecule is CC(=O)Nc1cc(C)c(S(=O)(=O)Nc2cccc3ccccc23)c(C)c1. The second kappa shape index (κ2) is 6.80. The van der Waals surface area contributed by atoms with Crippen molar-refractivity contribution in [1.82, 2.24) is 0 Å². The molecule has 3 aromatic carbocycles. The summed E-state index contributed by atoms with van der Waals surface area (Å²) < 4.78 is 28.7. The first-order valence-electron chi connectivity index (χ1n) is 8.17. The van der Waals surface area contributed by atoms with E-state index < -0.39 is 10.0 Å². The van der Waals surface area contributed by atoms with Gasteiger partial charge in [0.2, 0.25) is 5.91 Å². The highest BCUT2D eigenvalue weighted by Gasteiger charge is 2.21. The minimum absolute atomic E-state index is 0.201. The molecule has 0 heterocycles. The van der Waals surface area contributed by atoms with Crippen LogP contribution < -0.4 is 10.0 Å². The molecular formula is C20H20N2O3S. The molecule has 0 bridgehead atoms. The van der Waals surface area contributed by atoms with Gasteiger partial charge in [0, 0.05) is 18.0 Å². The molecule has 0 aromatic heterocycles. The minimum Gasteiger partial charge on any atom is -0.326 e. The van der Waals surface area contributed by atoms with E-state index in [1.165, 1.54) is 6.92 Å². The number of sulfonamides is 1. The molecule has 3 rings (SSSR count). The summed E-state index contributed by atoms with van der Waals surface area (Å²) in [6.45, 7) is 4.85. The van der Waals surface area contributed by atoms with Gasteiger partial charge in [-0.3, -0.25) is 9.52 Å². The molecule has 3 aromatic rings. The van der Waals surface area contributed by atoms with Crippen LogP contribution in [0.5, 0.6) is 0 Å². The standard InChI is InChI=1S/C20H20N2O3S/c1-13-11-17(21-15(3)23)12-14(2)20(13)26(24,25)22-19-10-6-8-16-7-4-5-9-18(16)19/h4-12,22H,1-3H3,(H,21,23). The largest absolute Gasteiger partial charge is 0.326 e. The predicted octanol–water partition coefficient (Wildman–Crippen LogP) is 4.22. The fourth-order valence-electron chi connectivity index (χ4n) is 3.16. The van der Waals surface area contributed by atoms with Crippen LogP contribution in [0.4, 0.5) is 11.4 Å². The molecule has 0 aliphatic heterocycles. The van der Waals surface area contributed by atoms with Crippen molar-refractivity contribution in [2.24, 2.45) is 0 Å². The van der Waals surface area contributed by atoms with Gasteiger partial charge in [-0.1, -0.05) is 36.4 Å². The number of nitrogens with one attached hydrogen (secondary N) is 2. The van der Waals surface area contributed by atoms with Crippen LogP contribution in [-0.4, -0.2) is 14.3 Å². The first-order valence-corrected chi connectivity index (χ1v) is 9.65. The molecule has 0 atom stereocenters. The van der Waals surface area contributed by atoms with Crippen molar-refractivity contribution in [3.8, 4) is 0 Å². The van der Waals surface area contributed by atoms with E-state index in [1.54, 1.807) is 32.0 Å². The molecule has 6 heteroatoms. The van der Waals surface area contributed by atoms with E-state index in [0.29, 0.717) is 22.5 Å². The van der Waals surface area contributed by atoms with E-state index >= 15 is 0 Å². The summed E-state index contributed by atoms with van der Waals surface area (Å²) in [6, 6.07) is 16.4. The van der Waals surface area contributed by atoms with Gasteiger partial charge < -0.3 is 5.32 Å². The lowest BCUT2D eigenvalue weighted by Gasteiger charge is -2.16. The van der Waals surface area contributed by atoms with Crippen LogP contribution in [0, 0.1) is 13.8 Å². The van der Waals surface area contributed by atoms with E-state index in [0.717, 1.165) is 10.8 Å². The Hall–Kier alpha value is -2.86. The van der Waals surface area contributed by atoms with Crippen molar-refractivity contribution in [2.75, 3.05) is 10.0 Å². The molecule has 0 aliphatic rings. The van der Waals surface area contributed by atoms with Gasteiger partial charge in [-0.25, -0.2) is 8.42 Å². The van der Waals surface area contributed by atoms with Gasteiger partial charge in [0.25, 0.3) is 10.0 Å². The number of benzene rings is 3. The maximum Gasteiger partial charge on any atom is 0.262 e. The van der Waals surface area contributed by atoms with Crippen molar-refractivity contribution in [2.45, 2.75) is 25.7 Å². The van der Waals surface area contributed by atoms with Crippen LogP contribution in [0.15, 0.2) is 59.5 Å². The molecule has 0 aliphatic carbocycles. The second-order valence-corrected chi connectivity index (χ2v) is 7.87. The maximum atomic E-state index is 13.0. The Balaban J connectivity index is 2.04. The van der Waals surface area contributed by atoms with E-state index in [2.05, 4.69) is 10.0 Å². The second-order valence-electron chi connectivity index (χ2n) is 6.25. The third-order valence-corrected chi connectivity index (χ3v) is 5.75. The molecule has 2 N–H and O–H groups in total. The minimum atomic E-state index is -3.77. The summed E-state index contributed by atoms with van der Waals surface area (Å²) in [7, 11) is -3.77. The highest BCUT2D eigenvalue weighted by atomic mass is 32.2. The summed E-state index contributed by atoms with van der Waals surface area (Å²) in [6.07, 6.45) is 0. The average molecular weight is 368 g/mol. The number of fused-ring (bicyclic) bond motifs is 1. The Morgan fingerprint density at radius 2 is 1.54 bits per heavy atom. The third-order valence-electron chi connectivity index (χ3n) is 4.08. The zero-order valence-corrected chi connectivity index (χ0v) is 15.6. The Morgan fingerprint density at radius 1 is 0.923 bits per heavy atom. The number of amides is 1. The fourth-order valence-corrected chi connectivity index (χ4v) is 4.69. The molecule has 0 spiro atoms. The maximum absolute atomic E-state index is 13.0. The van der Waals surface area contributed by atoms with E-state index in [1.807, 2.05) is 36.4 Å². The van der Waals surface area contributed by atoms with E-state index in [9.17, 15) is 13.2 Å². The monoisotopic (exact) mass is 368 g/mol. The molecule has 0 radical (unpaired) electrons.